The van der Waals surface area contributed by atoms with Crippen LogP contribution in [0.2, 0.25) is 0 Å². The van der Waals surface area contributed by atoms with Gasteiger partial charge in [-0.1, -0.05) is 60.7 Å². The maximum Gasteiger partial charge on any atom is 0.186 e. The van der Waals surface area contributed by atoms with Crippen molar-refractivity contribution in [3.8, 4) is 0 Å². The Kier molecular flexibility index (Phi) is 5.83. The lowest BCUT2D eigenvalue weighted by Crippen LogP contribution is -2.62. The summed E-state index contributed by atoms with van der Waals surface area (Å²) in [6.07, 6.45) is -3.76. The lowest BCUT2D eigenvalue weighted by molar-refractivity contribution is -0.363. The van der Waals surface area contributed by atoms with Crippen molar-refractivity contribution in [3.63, 3.8) is 0 Å². The number of hydrogen-bond donors (Lipinski definition) is 1. The van der Waals surface area contributed by atoms with Crippen molar-refractivity contribution in [1.29, 1.82) is 0 Å². The summed E-state index contributed by atoms with van der Waals surface area (Å²) in [6, 6.07) is 19.4. The van der Waals surface area contributed by atoms with Gasteiger partial charge in [-0.15, -0.1) is 0 Å². The first kappa shape index (κ1) is 18.6. The minimum Gasteiger partial charge on any atom is -0.387 e. The molecule has 2 fully saturated rings. The van der Waals surface area contributed by atoms with Gasteiger partial charge in [0.15, 0.2) is 12.6 Å². The summed E-state index contributed by atoms with van der Waals surface area (Å²) in [4.78, 5) is 0. The lowest BCUT2D eigenvalue weighted by atomic mass is 9.97. The van der Waals surface area contributed by atoms with Gasteiger partial charge in [-0.3, -0.25) is 0 Å². The molecule has 0 unspecified atom stereocenters. The molecule has 6 heteroatoms. The van der Waals surface area contributed by atoms with Crippen LogP contribution in [0.15, 0.2) is 60.7 Å². The van der Waals surface area contributed by atoms with Gasteiger partial charge < -0.3 is 28.8 Å². The molecule has 2 aliphatic heterocycles. The molecule has 144 valence electrons. The van der Waals surface area contributed by atoms with Gasteiger partial charge in [0.1, 0.15) is 24.4 Å². The van der Waals surface area contributed by atoms with Gasteiger partial charge in [0.05, 0.1) is 13.2 Å². The Morgan fingerprint density at radius 3 is 2.41 bits per heavy atom. The zero-order valence-electron chi connectivity index (χ0n) is 15.1. The zero-order valence-corrected chi connectivity index (χ0v) is 15.1. The van der Waals surface area contributed by atoms with Crippen molar-refractivity contribution >= 4 is 0 Å². The van der Waals surface area contributed by atoms with Crippen LogP contribution in [0, 0.1) is 0 Å². The third kappa shape index (κ3) is 4.06. The van der Waals surface area contributed by atoms with Crippen LogP contribution in [0.5, 0.6) is 0 Å². The van der Waals surface area contributed by atoms with Crippen LogP contribution in [0.25, 0.3) is 0 Å². The highest BCUT2D eigenvalue weighted by atomic mass is 16.8. The molecule has 6 atom stereocenters. The summed E-state index contributed by atoms with van der Waals surface area (Å²) in [7, 11) is 1.54. The van der Waals surface area contributed by atoms with Crippen LogP contribution in [-0.2, 0) is 30.3 Å². The Bertz CT molecular complexity index is 703. The monoisotopic (exact) mass is 372 g/mol. The van der Waals surface area contributed by atoms with Crippen molar-refractivity contribution in [2.45, 2.75) is 43.6 Å². The standard InChI is InChI=1S/C21H24O6/c1-23-21-19(24-12-14-8-4-2-5-9-14)17(22)18-16(26-21)13-25-20(27-18)15-10-6-3-7-11-15/h2-11,16-22H,12-13H2,1H3/t16-,17-,18-,19+,20-,21+/m1/s1. The first-order chi connectivity index (χ1) is 13.3. The fourth-order valence-corrected chi connectivity index (χ4v) is 3.48. The topological polar surface area (TPSA) is 66.4 Å². The zero-order chi connectivity index (χ0) is 18.6. The van der Waals surface area contributed by atoms with Gasteiger partial charge in [0.2, 0.25) is 0 Å². The number of hydrogen-bond acceptors (Lipinski definition) is 6. The van der Waals surface area contributed by atoms with Crippen LogP contribution in [0.4, 0.5) is 0 Å². The smallest absolute Gasteiger partial charge is 0.186 e. The Morgan fingerprint density at radius 2 is 1.70 bits per heavy atom. The number of rotatable bonds is 5. The Labute approximate surface area is 158 Å². The third-order valence-electron chi connectivity index (χ3n) is 4.90. The Morgan fingerprint density at radius 1 is 1.00 bits per heavy atom. The van der Waals surface area contributed by atoms with E-state index in [1.807, 2.05) is 60.7 Å². The fraction of sp³-hybridized carbons (Fsp3) is 0.429. The molecule has 0 saturated carbocycles. The predicted octanol–water partition coefficient (Wildman–Crippen LogP) is 2.42. The normalized spacial score (nSPS) is 33.4. The van der Waals surface area contributed by atoms with Crippen molar-refractivity contribution in [1.82, 2.24) is 0 Å². The van der Waals surface area contributed by atoms with Crippen LogP contribution < -0.4 is 0 Å². The molecule has 2 aromatic carbocycles. The molecule has 6 nitrogen and oxygen atoms in total. The van der Waals surface area contributed by atoms with E-state index in [-0.39, 0.29) is 0 Å². The number of fused-ring (bicyclic) bond motifs is 1. The molecule has 0 aliphatic carbocycles. The summed E-state index contributed by atoms with van der Waals surface area (Å²) in [5, 5.41) is 10.9. The first-order valence-corrected chi connectivity index (χ1v) is 9.10. The molecule has 0 aromatic heterocycles. The maximum absolute atomic E-state index is 10.9. The molecule has 0 spiro atoms. The van der Waals surface area contributed by atoms with Crippen molar-refractivity contribution < 1.29 is 28.8 Å². The van der Waals surface area contributed by atoms with Gasteiger partial charge >= 0.3 is 0 Å². The van der Waals surface area contributed by atoms with Gasteiger partial charge in [-0.25, -0.2) is 0 Å². The molecule has 0 radical (unpaired) electrons. The highest BCUT2D eigenvalue weighted by Gasteiger charge is 2.50. The second-order valence-electron chi connectivity index (χ2n) is 6.71. The van der Waals surface area contributed by atoms with E-state index in [2.05, 4.69) is 0 Å². The highest BCUT2D eigenvalue weighted by molar-refractivity contribution is 5.17. The number of aliphatic hydroxyl groups excluding tert-OH is 1. The van der Waals surface area contributed by atoms with E-state index in [0.29, 0.717) is 13.2 Å². The maximum atomic E-state index is 10.9. The fourth-order valence-electron chi connectivity index (χ4n) is 3.48. The summed E-state index contributed by atoms with van der Waals surface area (Å²) >= 11 is 0. The number of ether oxygens (including phenoxy) is 5. The number of aliphatic hydroxyl groups is 1. The molecular weight excluding hydrogens is 348 g/mol. The molecule has 2 aliphatic rings. The van der Waals surface area contributed by atoms with Crippen LogP contribution in [0.3, 0.4) is 0 Å². The summed E-state index contributed by atoms with van der Waals surface area (Å²) in [6.45, 7) is 0.661. The van der Waals surface area contributed by atoms with Crippen LogP contribution in [-0.4, -0.2) is 49.5 Å². The van der Waals surface area contributed by atoms with E-state index in [1.54, 1.807) is 0 Å². The van der Waals surface area contributed by atoms with E-state index in [9.17, 15) is 5.11 Å². The molecule has 27 heavy (non-hydrogen) atoms. The minimum atomic E-state index is -0.896. The van der Waals surface area contributed by atoms with Gasteiger partial charge in [-0.2, -0.15) is 0 Å². The average Bonchev–Trinajstić information content (AvgIpc) is 2.74. The minimum absolute atomic E-state index is 0.312. The second-order valence-corrected chi connectivity index (χ2v) is 6.71. The molecule has 2 aromatic rings. The SMILES string of the molecule is CO[C@H]1O[C@@H]2CO[C@@H](c3ccccc3)O[C@H]2[C@@H](O)[C@@H]1OCc1ccccc1. The quantitative estimate of drug-likeness (QED) is 0.870. The van der Waals surface area contributed by atoms with E-state index >= 15 is 0 Å². The van der Waals surface area contributed by atoms with Crippen molar-refractivity contribution in [3.05, 3.63) is 71.8 Å². The van der Waals surface area contributed by atoms with E-state index in [4.69, 9.17) is 23.7 Å². The predicted molar refractivity (Wildman–Crippen MR) is 96.7 cm³/mol. The first-order valence-electron chi connectivity index (χ1n) is 9.10. The van der Waals surface area contributed by atoms with Crippen LogP contribution >= 0.6 is 0 Å². The Hall–Kier alpha value is -1.80. The highest BCUT2D eigenvalue weighted by Crippen LogP contribution is 2.35. The summed E-state index contributed by atoms with van der Waals surface area (Å²) in [5.41, 5.74) is 1.91. The van der Waals surface area contributed by atoms with Crippen molar-refractivity contribution in [2.75, 3.05) is 13.7 Å². The largest absolute Gasteiger partial charge is 0.387 e. The molecule has 2 heterocycles. The molecule has 0 bridgehead atoms. The number of methoxy groups -OCH3 is 1. The van der Waals surface area contributed by atoms with E-state index < -0.39 is 37.0 Å². The molecule has 0 amide bonds. The van der Waals surface area contributed by atoms with Gasteiger partial charge in [0.25, 0.3) is 0 Å². The third-order valence-corrected chi connectivity index (χ3v) is 4.90. The summed E-state index contributed by atoms with van der Waals surface area (Å²) in [5.74, 6) is 0. The van der Waals surface area contributed by atoms with Gasteiger partial charge in [0, 0.05) is 12.7 Å². The van der Waals surface area contributed by atoms with Gasteiger partial charge in [-0.05, 0) is 5.56 Å². The average molecular weight is 372 g/mol. The molecular formula is C21H24O6. The molecule has 1 N–H and O–H groups in total. The Balaban J connectivity index is 1.46. The van der Waals surface area contributed by atoms with E-state index in [0.717, 1.165) is 11.1 Å². The lowest BCUT2D eigenvalue weighted by Gasteiger charge is -2.47. The second kappa shape index (κ2) is 8.48. The van der Waals surface area contributed by atoms with E-state index in [1.165, 1.54) is 7.11 Å². The van der Waals surface area contributed by atoms with Crippen LogP contribution in [0.1, 0.15) is 17.4 Å². The summed E-state index contributed by atoms with van der Waals surface area (Å²) < 4.78 is 29.1. The molecule has 2 saturated heterocycles. The van der Waals surface area contributed by atoms with Crippen molar-refractivity contribution in [2.24, 2.45) is 0 Å². The number of benzene rings is 2. The molecule has 4 rings (SSSR count).